The van der Waals surface area contributed by atoms with E-state index in [0.29, 0.717) is 19.8 Å². The van der Waals surface area contributed by atoms with Crippen LogP contribution in [0.25, 0.3) is 0 Å². The lowest BCUT2D eigenvalue weighted by Gasteiger charge is -2.32. The van der Waals surface area contributed by atoms with Gasteiger partial charge in [0.15, 0.2) is 11.5 Å². The highest BCUT2D eigenvalue weighted by Crippen LogP contribution is 2.32. The number of piperidine rings is 1. The van der Waals surface area contributed by atoms with Crippen LogP contribution in [0.1, 0.15) is 37.9 Å². The number of nitrogens with zero attached hydrogens (tertiary/aromatic N) is 1. The van der Waals surface area contributed by atoms with Gasteiger partial charge in [0.05, 0.1) is 19.3 Å². The van der Waals surface area contributed by atoms with Crippen LogP contribution < -0.4 is 9.47 Å². The van der Waals surface area contributed by atoms with Crippen molar-refractivity contribution in [1.29, 1.82) is 0 Å². The third-order valence-electron chi connectivity index (χ3n) is 4.33. The van der Waals surface area contributed by atoms with Crippen LogP contribution in [0.3, 0.4) is 0 Å². The summed E-state index contributed by atoms with van der Waals surface area (Å²) in [7, 11) is 0. The fourth-order valence-electron chi connectivity index (χ4n) is 3.19. The van der Waals surface area contributed by atoms with Crippen LogP contribution in [0.4, 0.5) is 0 Å². The van der Waals surface area contributed by atoms with E-state index in [1.807, 2.05) is 18.2 Å². The molecule has 0 aliphatic carbocycles. The Morgan fingerprint density at radius 1 is 1.24 bits per heavy atom. The third kappa shape index (κ3) is 3.69. The van der Waals surface area contributed by atoms with E-state index in [1.54, 1.807) is 0 Å². The lowest BCUT2D eigenvalue weighted by atomic mass is 9.99. The van der Waals surface area contributed by atoms with Crippen molar-refractivity contribution in [2.45, 2.75) is 32.3 Å². The van der Waals surface area contributed by atoms with E-state index in [1.165, 1.54) is 12.8 Å². The molecule has 4 nitrogen and oxygen atoms in total. The van der Waals surface area contributed by atoms with E-state index in [9.17, 15) is 5.11 Å². The standard InChI is InChI=1S/C17H25NO3/c1-13-4-2-7-18(11-13)12-15(19)14-5-6-16-17(10-14)21-9-3-8-20-16/h5-6,10,13,15,19H,2-4,7-9,11-12H2,1H3. The lowest BCUT2D eigenvalue weighted by molar-refractivity contribution is 0.0874. The van der Waals surface area contributed by atoms with Gasteiger partial charge in [-0.1, -0.05) is 13.0 Å². The van der Waals surface area contributed by atoms with E-state index in [2.05, 4.69) is 11.8 Å². The minimum absolute atomic E-state index is 0.465. The van der Waals surface area contributed by atoms with Gasteiger partial charge in [0.25, 0.3) is 0 Å². The Kier molecular flexibility index (Phi) is 4.66. The SMILES string of the molecule is CC1CCCN(CC(O)c2ccc3c(c2)OCCCO3)C1. The maximum absolute atomic E-state index is 10.5. The maximum Gasteiger partial charge on any atom is 0.161 e. The summed E-state index contributed by atoms with van der Waals surface area (Å²) >= 11 is 0. The minimum atomic E-state index is -0.465. The Hall–Kier alpha value is -1.26. The second-order valence-electron chi connectivity index (χ2n) is 6.28. The van der Waals surface area contributed by atoms with Crippen molar-refractivity contribution in [3.05, 3.63) is 23.8 Å². The molecule has 0 radical (unpaired) electrons. The summed E-state index contributed by atoms with van der Waals surface area (Å²) < 4.78 is 11.3. The molecule has 0 aromatic heterocycles. The van der Waals surface area contributed by atoms with E-state index < -0.39 is 6.10 Å². The molecule has 116 valence electrons. The zero-order valence-electron chi connectivity index (χ0n) is 12.8. The monoisotopic (exact) mass is 291 g/mol. The quantitative estimate of drug-likeness (QED) is 0.929. The fraction of sp³-hybridized carbons (Fsp3) is 0.647. The molecule has 2 aliphatic heterocycles. The molecule has 2 heterocycles. The van der Waals surface area contributed by atoms with Gasteiger partial charge < -0.3 is 19.5 Å². The molecule has 21 heavy (non-hydrogen) atoms. The van der Waals surface area contributed by atoms with E-state index in [-0.39, 0.29) is 0 Å². The summed E-state index contributed by atoms with van der Waals surface area (Å²) in [6.45, 7) is 6.53. The summed E-state index contributed by atoms with van der Waals surface area (Å²) in [5.74, 6) is 2.28. The Labute approximate surface area is 126 Å². The van der Waals surface area contributed by atoms with E-state index >= 15 is 0 Å². The first kappa shape index (κ1) is 14.7. The Morgan fingerprint density at radius 2 is 2.05 bits per heavy atom. The van der Waals surface area contributed by atoms with Gasteiger partial charge in [0, 0.05) is 19.5 Å². The molecule has 1 aromatic rings. The minimum Gasteiger partial charge on any atom is -0.490 e. The molecule has 0 bridgehead atoms. The van der Waals surface area contributed by atoms with Crippen LogP contribution in [0.2, 0.25) is 0 Å². The lowest BCUT2D eigenvalue weighted by Crippen LogP contribution is -2.37. The second-order valence-corrected chi connectivity index (χ2v) is 6.28. The number of rotatable bonds is 3. The summed E-state index contributed by atoms with van der Waals surface area (Å²) in [5, 5.41) is 10.5. The molecule has 3 rings (SSSR count). The third-order valence-corrected chi connectivity index (χ3v) is 4.33. The maximum atomic E-state index is 10.5. The number of aliphatic hydroxyl groups is 1. The molecular weight excluding hydrogens is 266 g/mol. The zero-order chi connectivity index (χ0) is 14.7. The van der Waals surface area contributed by atoms with Crippen molar-refractivity contribution in [1.82, 2.24) is 4.90 Å². The number of fused-ring (bicyclic) bond motifs is 1. The summed E-state index contributed by atoms with van der Waals surface area (Å²) in [5.41, 5.74) is 0.914. The topological polar surface area (TPSA) is 41.9 Å². The van der Waals surface area contributed by atoms with Crippen molar-refractivity contribution >= 4 is 0 Å². The van der Waals surface area contributed by atoms with Gasteiger partial charge in [-0.2, -0.15) is 0 Å². The van der Waals surface area contributed by atoms with Crippen molar-refractivity contribution in [2.24, 2.45) is 5.92 Å². The molecule has 0 spiro atoms. The first-order valence-corrected chi connectivity index (χ1v) is 8.02. The molecule has 0 saturated carbocycles. The van der Waals surface area contributed by atoms with E-state index in [0.717, 1.165) is 42.5 Å². The van der Waals surface area contributed by atoms with Crippen LogP contribution >= 0.6 is 0 Å². The number of hydrogen-bond donors (Lipinski definition) is 1. The molecule has 1 fully saturated rings. The Balaban J connectivity index is 1.66. The highest BCUT2D eigenvalue weighted by Gasteiger charge is 2.21. The average Bonchev–Trinajstić information content (AvgIpc) is 2.71. The smallest absolute Gasteiger partial charge is 0.161 e. The van der Waals surface area contributed by atoms with E-state index in [4.69, 9.17) is 9.47 Å². The first-order chi connectivity index (χ1) is 10.2. The number of likely N-dealkylation sites (tertiary alicyclic amines) is 1. The largest absolute Gasteiger partial charge is 0.490 e. The predicted octanol–water partition coefficient (Wildman–Crippen LogP) is 2.61. The average molecular weight is 291 g/mol. The van der Waals surface area contributed by atoms with Crippen LogP contribution in [-0.2, 0) is 0 Å². The van der Waals surface area contributed by atoms with Gasteiger partial charge in [0.2, 0.25) is 0 Å². The predicted molar refractivity (Wildman–Crippen MR) is 81.8 cm³/mol. The molecule has 1 N–H and O–H groups in total. The van der Waals surface area contributed by atoms with Gasteiger partial charge in [-0.15, -0.1) is 0 Å². The number of hydrogen-bond acceptors (Lipinski definition) is 4. The number of benzene rings is 1. The van der Waals surface area contributed by atoms with Crippen molar-refractivity contribution in [2.75, 3.05) is 32.8 Å². The molecular formula is C17H25NO3. The van der Waals surface area contributed by atoms with Crippen LogP contribution in [0.5, 0.6) is 11.5 Å². The second kappa shape index (κ2) is 6.67. The molecule has 4 heteroatoms. The molecule has 0 amide bonds. The Bertz CT molecular complexity index is 477. The van der Waals surface area contributed by atoms with Gasteiger partial charge in [-0.25, -0.2) is 0 Å². The summed E-state index contributed by atoms with van der Waals surface area (Å²) in [6, 6.07) is 5.79. The fourth-order valence-corrected chi connectivity index (χ4v) is 3.19. The highest BCUT2D eigenvalue weighted by molar-refractivity contribution is 5.44. The van der Waals surface area contributed by atoms with Crippen LogP contribution in [0, 0.1) is 5.92 Å². The van der Waals surface area contributed by atoms with Gasteiger partial charge in [-0.05, 0) is 43.0 Å². The van der Waals surface area contributed by atoms with Gasteiger partial charge in [-0.3, -0.25) is 0 Å². The zero-order valence-corrected chi connectivity index (χ0v) is 12.8. The van der Waals surface area contributed by atoms with Gasteiger partial charge in [0.1, 0.15) is 0 Å². The van der Waals surface area contributed by atoms with Crippen molar-refractivity contribution in [3.63, 3.8) is 0 Å². The number of ether oxygens (including phenoxy) is 2. The molecule has 2 unspecified atom stereocenters. The Morgan fingerprint density at radius 3 is 2.86 bits per heavy atom. The van der Waals surface area contributed by atoms with Crippen molar-refractivity contribution in [3.8, 4) is 11.5 Å². The summed E-state index contributed by atoms with van der Waals surface area (Å²) in [6.07, 6.45) is 2.97. The first-order valence-electron chi connectivity index (χ1n) is 8.02. The molecule has 2 atom stereocenters. The number of aliphatic hydroxyl groups excluding tert-OH is 1. The normalized spacial score (nSPS) is 24.4. The highest BCUT2D eigenvalue weighted by atomic mass is 16.5. The van der Waals surface area contributed by atoms with Crippen LogP contribution in [0.15, 0.2) is 18.2 Å². The molecule has 2 aliphatic rings. The molecule has 1 saturated heterocycles. The number of β-amino-alcohol motifs (C(OH)–C–C–N with tert-alkyl or cyclic N) is 1. The van der Waals surface area contributed by atoms with Crippen LogP contribution in [-0.4, -0.2) is 42.9 Å². The molecule has 1 aromatic carbocycles. The van der Waals surface area contributed by atoms with Gasteiger partial charge >= 0.3 is 0 Å². The van der Waals surface area contributed by atoms with Crippen molar-refractivity contribution < 1.29 is 14.6 Å². The summed E-state index contributed by atoms with van der Waals surface area (Å²) in [4.78, 5) is 2.36.